The van der Waals surface area contributed by atoms with E-state index in [9.17, 15) is 4.79 Å². The molecule has 0 spiro atoms. The van der Waals surface area contributed by atoms with Crippen LogP contribution in [0.25, 0.3) is 0 Å². The molecule has 0 aliphatic carbocycles. The van der Waals surface area contributed by atoms with Gasteiger partial charge < -0.3 is 5.32 Å². The van der Waals surface area contributed by atoms with E-state index in [0.717, 1.165) is 24.9 Å². The van der Waals surface area contributed by atoms with Crippen molar-refractivity contribution in [3.8, 4) is 0 Å². The Balaban J connectivity index is 2.54. The molecule has 23 heavy (non-hydrogen) atoms. The lowest BCUT2D eigenvalue weighted by Gasteiger charge is -2.32. The van der Waals surface area contributed by atoms with Crippen molar-refractivity contribution in [3.63, 3.8) is 0 Å². The summed E-state index contributed by atoms with van der Waals surface area (Å²) in [4.78, 5) is 12.5. The number of benzene rings is 1. The van der Waals surface area contributed by atoms with Crippen LogP contribution in [0, 0.1) is 23.7 Å². The highest BCUT2D eigenvalue weighted by atomic mass is 16.1. The average Bonchev–Trinajstić information content (AvgIpc) is 2.51. The molecule has 2 heteroatoms. The van der Waals surface area contributed by atoms with Crippen molar-refractivity contribution in [3.05, 3.63) is 42.3 Å². The second-order valence-electron chi connectivity index (χ2n) is 7.76. The van der Waals surface area contributed by atoms with E-state index in [4.69, 9.17) is 0 Å². The zero-order valence-electron chi connectivity index (χ0n) is 15.7. The highest BCUT2D eigenvalue weighted by Crippen LogP contribution is 2.33. The second-order valence-corrected chi connectivity index (χ2v) is 7.76. The molecule has 1 rings (SSSR count). The molecule has 0 fully saturated rings. The van der Waals surface area contributed by atoms with Gasteiger partial charge in [0.2, 0.25) is 5.91 Å². The third kappa shape index (κ3) is 6.37. The lowest BCUT2D eigenvalue weighted by atomic mass is 9.74. The van der Waals surface area contributed by atoms with Gasteiger partial charge in [0.15, 0.2) is 0 Å². The Bertz CT molecular complexity index is 460. The molecule has 1 amide bonds. The van der Waals surface area contributed by atoms with Crippen LogP contribution in [0.15, 0.2) is 30.3 Å². The minimum absolute atomic E-state index is 0.0421. The normalized spacial score (nSPS) is 15.7. The molecule has 1 radical (unpaired) electrons. The van der Waals surface area contributed by atoms with E-state index in [0.29, 0.717) is 11.8 Å². The maximum atomic E-state index is 12.5. The van der Waals surface area contributed by atoms with Crippen LogP contribution < -0.4 is 5.32 Å². The standard InChI is InChI=1S/C21H34NO/c1-7-18(21(4,5)6)14-16(3)15-22-20(23)19(8-2)17-12-10-9-11-13-17/h7,9-13,16,18-19H,8,14-15H2,1-6H3,(H,22,23). The monoisotopic (exact) mass is 316 g/mol. The Labute approximate surface area is 143 Å². The fraction of sp³-hybridized carbons (Fsp3) is 0.619. The van der Waals surface area contributed by atoms with Gasteiger partial charge in [-0.1, -0.05) is 71.9 Å². The molecule has 129 valence electrons. The Kier molecular flexibility index (Phi) is 7.81. The molecule has 0 heterocycles. The number of hydrogen-bond acceptors (Lipinski definition) is 1. The van der Waals surface area contributed by atoms with Crippen molar-refractivity contribution in [2.24, 2.45) is 17.3 Å². The SMILES string of the molecule is C[CH]C(CC(C)CNC(=O)C(CC)c1ccccc1)C(C)(C)C. The van der Waals surface area contributed by atoms with Crippen molar-refractivity contribution < 1.29 is 4.79 Å². The molecule has 0 aliphatic rings. The highest BCUT2D eigenvalue weighted by molar-refractivity contribution is 5.83. The Morgan fingerprint density at radius 3 is 2.30 bits per heavy atom. The van der Waals surface area contributed by atoms with Crippen molar-refractivity contribution in [2.45, 2.75) is 60.3 Å². The first-order valence-corrected chi connectivity index (χ1v) is 8.91. The van der Waals surface area contributed by atoms with E-state index in [-0.39, 0.29) is 17.2 Å². The molecular weight excluding hydrogens is 282 g/mol. The molecule has 2 nitrogen and oxygen atoms in total. The third-order valence-electron chi connectivity index (χ3n) is 4.72. The average molecular weight is 317 g/mol. The van der Waals surface area contributed by atoms with E-state index in [1.54, 1.807) is 0 Å². The molecule has 0 saturated carbocycles. The summed E-state index contributed by atoms with van der Waals surface area (Å²) in [5, 5.41) is 3.16. The minimum atomic E-state index is -0.0421. The lowest BCUT2D eigenvalue weighted by molar-refractivity contribution is -0.122. The first kappa shape index (κ1) is 19.7. The van der Waals surface area contributed by atoms with Crippen molar-refractivity contribution in [2.75, 3.05) is 6.54 Å². The van der Waals surface area contributed by atoms with Gasteiger partial charge in [0, 0.05) is 6.54 Å². The van der Waals surface area contributed by atoms with Gasteiger partial charge in [-0.25, -0.2) is 0 Å². The summed E-state index contributed by atoms with van der Waals surface area (Å²) < 4.78 is 0. The summed E-state index contributed by atoms with van der Waals surface area (Å²) in [6, 6.07) is 10.1. The van der Waals surface area contributed by atoms with E-state index in [2.05, 4.69) is 53.3 Å². The number of amides is 1. The van der Waals surface area contributed by atoms with Crippen molar-refractivity contribution in [1.82, 2.24) is 5.32 Å². The zero-order valence-corrected chi connectivity index (χ0v) is 15.7. The summed E-state index contributed by atoms with van der Waals surface area (Å²) in [6.07, 6.45) is 4.25. The molecule has 1 aromatic rings. The lowest BCUT2D eigenvalue weighted by Crippen LogP contribution is -2.34. The van der Waals surface area contributed by atoms with E-state index >= 15 is 0 Å². The molecule has 0 saturated heterocycles. The topological polar surface area (TPSA) is 29.1 Å². The zero-order chi connectivity index (χ0) is 17.5. The van der Waals surface area contributed by atoms with Gasteiger partial charge in [-0.3, -0.25) is 4.79 Å². The van der Waals surface area contributed by atoms with Crippen LogP contribution >= 0.6 is 0 Å². The number of carbonyl (C=O) groups excluding carboxylic acids is 1. The Morgan fingerprint density at radius 1 is 1.22 bits per heavy atom. The van der Waals surface area contributed by atoms with Gasteiger partial charge in [-0.05, 0) is 42.1 Å². The van der Waals surface area contributed by atoms with Crippen LogP contribution in [0.3, 0.4) is 0 Å². The van der Waals surface area contributed by atoms with Crippen LogP contribution in [0.4, 0.5) is 0 Å². The van der Waals surface area contributed by atoms with Gasteiger partial charge in [-0.15, -0.1) is 0 Å². The van der Waals surface area contributed by atoms with E-state index in [1.807, 2.05) is 30.3 Å². The summed E-state index contributed by atoms with van der Waals surface area (Å²) in [5.41, 5.74) is 1.39. The quantitative estimate of drug-likeness (QED) is 0.701. The first-order valence-electron chi connectivity index (χ1n) is 8.91. The first-order chi connectivity index (χ1) is 10.8. The molecule has 1 aromatic carbocycles. The molecule has 1 N–H and O–H groups in total. The smallest absolute Gasteiger partial charge is 0.227 e. The van der Waals surface area contributed by atoms with Crippen molar-refractivity contribution >= 4 is 5.91 Å². The second kappa shape index (κ2) is 9.10. The van der Waals surface area contributed by atoms with E-state index in [1.165, 1.54) is 0 Å². The molecule has 0 bridgehead atoms. The fourth-order valence-electron chi connectivity index (χ4n) is 3.16. The molecule has 3 unspecified atom stereocenters. The minimum Gasteiger partial charge on any atom is -0.355 e. The molecular formula is C21H34NO. The predicted octanol–water partition coefficient (Wildman–Crippen LogP) is 5.21. The van der Waals surface area contributed by atoms with Crippen LogP contribution in [0.5, 0.6) is 0 Å². The summed E-state index contributed by atoms with van der Waals surface area (Å²) >= 11 is 0. The largest absolute Gasteiger partial charge is 0.355 e. The predicted molar refractivity (Wildman–Crippen MR) is 99.2 cm³/mol. The van der Waals surface area contributed by atoms with Gasteiger partial charge in [0.25, 0.3) is 0 Å². The summed E-state index contributed by atoms with van der Waals surface area (Å²) in [6.45, 7) is 14.0. The van der Waals surface area contributed by atoms with Gasteiger partial charge in [0.05, 0.1) is 5.92 Å². The fourth-order valence-corrected chi connectivity index (χ4v) is 3.16. The maximum Gasteiger partial charge on any atom is 0.227 e. The molecule has 0 aliphatic heterocycles. The van der Waals surface area contributed by atoms with Crippen LogP contribution in [-0.4, -0.2) is 12.5 Å². The highest BCUT2D eigenvalue weighted by Gasteiger charge is 2.25. The van der Waals surface area contributed by atoms with Crippen LogP contribution in [0.1, 0.15) is 65.9 Å². The number of rotatable bonds is 8. The van der Waals surface area contributed by atoms with Crippen LogP contribution in [0.2, 0.25) is 0 Å². The van der Waals surface area contributed by atoms with E-state index < -0.39 is 0 Å². The van der Waals surface area contributed by atoms with Gasteiger partial charge >= 0.3 is 0 Å². The molecule has 3 atom stereocenters. The summed E-state index contributed by atoms with van der Waals surface area (Å²) in [7, 11) is 0. The third-order valence-corrected chi connectivity index (χ3v) is 4.72. The number of nitrogens with one attached hydrogen (secondary N) is 1. The Hall–Kier alpha value is -1.31. The van der Waals surface area contributed by atoms with Crippen LogP contribution in [-0.2, 0) is 4.79 Å². The number of carbonyl (C=O) groups is 1. The van der Waals surface area contributed by atoms with Crippen molar-refractivity contribution in [1.29, 1.82) is 0 Å². The molecule has 0 aromatic heterocycles. The summed E-state index contributed by atoms with van der Waals surface area (Å²) in [5.74, 6) is 1.16. The maximum absolute atomic E-state index is 12.5. The Morgan fingerprint density at radius 2 is 1.83 bits per heavy atom. The van der Waals surface area contributed by atoms with Gasteiger partial charge in [0.1, 0.15) is 0 Å². The number of hydrogen-bond donors (Lipinski definition) is 1. The van der Waals surface area contributed by atoms with Gasteiger partial charge in [-0.2, -0.15) is 0 Å².